The van der Waals surface area contributed by atoms with Crippen LogP contribution in [0.1, 0.15) is 43.5 Å². The van der Waals surface area contributed by atoms with E-state index in [-0.39, 0.29) is 5.54 Å². The van der Waals surface area contributed by atoms with Gasteiger partial charge in [-0.3, -0.25) is 0 Å². The van der Waals surface area contributed by atoms with Crippen LogP contribution in [0.15, 0.2) is 16.6 Å². The molecule has 3 heteroatoms. The van der Waals surface area contributed by atoms with Crippen molar-refractivity contribution in [3.8, 4) is 0 Å². The van der Waals surface area contributed by atoms with Gasteiger partial charge in [-0.05, 0) is 79.6 Å². The summed E-state index contributed by atoms with van der Waals surface area (Å²) in [5, 5.41) is 1.38. The summed E-state index contributed by atoms with van der Waals surface area (Å²) in [4.78, 5) is 0. The average Bonchev–Trinajstić information content (AvgIpc) is 2.63. The number of hydrogen-bond acceptors (Lipinski definition) is 1. The standard InChI is InChI=1S/C17H23BrN2/c1-11-15(18)14-10-12(6-7-17(2,3)19)9-13-5-4-8-20(11)16(13)14/h9-10H,4-8,19H2,1-3H3. The number of aryl methyl sites for hydroxylation is 3. The predicted molar refractivity (Wildman–Crippen MR) is 89.3 cm³/mol. The average molecular weight is 335 g/mol. The Bertz CT molecular complexity index is 662. The van der Waals surface area contributed by atoms with Gasteiger partial charge in [0.2, 0.25) is 0 Å². The van der Waals surface area contributed by atoms with Crippen molar-refractivity contribution in [3.63, 3.8) is 0 Å². The molecule has 1 aromatic carbocycles. The van der Waals surface area contributed by atoms with Crippen molar-refractivity contribution in [1.82, 2.24) is 4.57 Å². The Hall–Kier alpha value is -0.800. The highest BCUT2D eigenvalue weighted by Crippen LogP contribution is 2.37. The Morgan fingerprint density at radius 2 is 2.10 bits per heavy atom. The van der Waals surface area contributed by atoms with Crippen molar-refractivity contribution >= 4 is 26.8 Å². The SMILES string of the molecule is Cc1c(Br)c2cc(CCC(C)(C)N)cc3c2n1CCC3. The second-order valence-electron chi connectivity index (χ2n) is 6.79. The molecule has 1 aliphatic rings. The zero-order valence-electron chi connectivity index (χ0n) is 12.6. The monoisotopic (exact) mass is 334 g/mol. The van der Waals surface area contributed by atoms with E-state index in [0.29, 0.717) is 0 Å². The molecular weight excluding hydrogens is 312 g/mol. The first-order valence-corrected chi connectivity index (χ1v) is 8.25. The van der Waals surface area contributed by atoms with Crippen LogP contribution in [-0.2, 0) is 19.4 Å². The van der Waals surface area contributed by atoms with Gasteiger partial charge in [-0.1, -0.05) is 6.07 Å². The van der Waals surface area contributed by atoms with Crippen LogP contribution in [0.2, 0.25) is 0 Å². The van der Waals surface area contributed by atoms with E-state index in [1.165, 1.54) is 45.0 Å². The summed E-state index contributed by atoms with van der Waals surface area (Å²) >= 11 is 3.78. The van der Waals surface area contributed by atoms with E-state index < -0.39 is 0 Å². The second kappa shape index (κ2) is 4.88. The molecule has 2 nitrogen and oxygen atoms in total. The van der Waals surface area contributed by atoms with Crippen LogP contribution in [0.3, 0.4) is 0 Å². The van der Waals surface area contributed by atoms with Crippen molar-refractivity contribution in [1.29, 1.82) is 0 Å². The molecule has 108 valence electrons. The van der Waals surface area contributed by atoms with Gasteiger partial charge in [0, 0.05) is 27.6 Å². The van der Waals surface area contributed by atoms with Crippen molar-refractivity contribution in [2.45, 2.75) is 58.5 Å². The third-order valence-electron chi connectivity index (χ3n) is 4.36. The fourth-order valence-corrected chi connectivity index (χ4v) is 3.75. The van der Waals surface area contributed by atoms with Gasteiger partial charge in [0.1, 0.15) is 0 Å². The molecule has 0 saturated heterocycles. The summed E-state index contributed by atoms with van der Waals surface area (Å²) in [6.45, 7) is 7.57. The number of aromatic nitrogens is 1. The minimum absolute atomic E-state index is 0.0920. The lowest BCUT2D eigenvalue weighted by atomic mass is 9.93. The van der Waals surface area contributed by atoms with Crippen molar-refractivity contribution in [2.24, 2.45) is 5.73 Å². The summed E-state index contributed by atoms with van der Waals surface area (Å²) < 4.78 is 3.74. The van der Waals surface area contributed by atoms with E-state index in [9.17, 15) is 0 Å². The number of rotatable bonds is 3. The fraction of sp³-hybridized carbons (Fsp3) is 0.529. The minimum Gasteiger partial charge on any atom is -0.343 e. The molecule has 1 aromatic heterocycles. The molecule has 0 atom stereocenters. The van der Waals surface area contributed by atoms with Gasteiger partial charge in [0.15, 0.2) is 0 Å². The highest BCUT2D eigenvalue weighted by Gasteiger charge is 2.20. The van der Waals surface area contributed by atoms with E-state index in [2.05, 4.69) is 53.4 Å². The highest BCUT2D eigenvalue weighted by molar-refractivity contribution is 9.10. The first-order chi connectivity index (χ1) is 9.37. The summed E-state index contributed by atoms with van der Waals surface area (Å²) in [6, 6.07) is 4.75. The van der Waals surface area contributed by atoms with Crippen LogP contribution in [0.25, 0.3) is 10.9 Å². The van der Waals surface area contributed by atoms with Gasteiger partial charge in [0.25, 0.3) is 0 Å². The second-order valence-corrected chi connectivity index (χ2v) is 7.59. The molecule has 0 aliphatic carbocycles. The smallest absolute Gasteiger partial charge is 0.0526 e. The fourth-order valence-electron chi connectivity index (χ4n) is 3.24. The van der Waals surface area contributed by atoms with E-state index in [1.807, 2.05) is 0 Å². The van der Waals surface area contributed by atoms with Crippen LogP contribution >= 0.6 is 15.9 Å². The van der Waals surface area contributed by atoms with Crippen LogP contribution in [0.4, 0.5) is 0 Å². The van der Waals surface area contributed by atoms with E-state index in [4.69, 9.17) is 5.73 Å². The maximum absolute atomic E-state index is 6.12. The Labute approximate surface area is 129 Å². The molecule has 0 radical (unpaired) electrons. The van der Waals surface area contributed by atoms with Gasteiger partial charge >= 0.3 is 0 Å². The van der Waals surface area contributed by atoms with E-state index >= 15 is 0 Å². The number of hydrogen-bond donors (Lipinski definition) is 1. The molecule has 2 heterocycles. The van der Waals surface area contributed by atoms with Gasteiger partial charge in [0.05, 0.1) is 5.52 Å². The molecular formula is C17H23BrN2. The lowest BCUT2D eigenvalue weighted by Crippen LogP contribution is -2.32. The highest BCUT2D eigenvalue weighted by atomic mass is 79.9. The Balaban J connectivity index is 2.07. The number of nitrogens with zero attached hydrogens (tertiary/aromatic N) is 1. The van der Waals surface area contributed by atoms with Crippen molar-refractivity contribution in [2.75, 3.05) is 0 Å². The molecule has 1 aliphatic heterocycles. The van der Waals surface area contributed by atoms with Crippen LogP contribution < -0.4 is 5.73 Å². The lowest BCUT2D eigenvalue weighted by molar-refractivity contribution is 0.477. The van der Waals surface area contributed by atoms with Gasteiger partial charge in [-0.2, -0.15) is 0 Å². The van der Waals surface area contributed by atoms with Gasteiger partial charge in [-0.25, -0.2) is 0 Å². The van der Waals surface area contributed by atoms with Gasteiger partial charge in [-0.15, -0.1) is 0 Å². The lowest BCUT2D eigenvalue weighted by Gasteiger charge is -2.20. The zero-order chi connectivity index (χ0) is 14.5. The molecule has 2 aromatic rings. The first-order valence-electron chi connectivity index (χ1n) is 7.46. The zero-order valence-corrected chi connectivity index (χ0v) is 14.2. The predicted octanol–water partition coefficient (Wildman–Crippen LogP) is 4.33. The largest absolute Gasteiger partial charge is 0.343 e. The third kappa shape index (κ3) is 2.42. The molecule has 0 spiro atoms. The van der Waals surface area contributed by atoms with Gasteiger partial charge < -0.3 is 10.3 Å². The molecule has 0 fully saturated rings. The Morgan fingerprint density at radius 3 is 2.80 bits per heavy atom. The van der Waals surface area contributed by atoms with Crippen molar-refractivity contribution < 1.29 is 0 Å². The molecule has 20 heavy (non-hydrogen) atoms. The minimum atomic E-state index is -0.0920. The summed E-state index contributed by atoms with van der Waals surface area (Å²) in [7, 11) is 0. The van der Waals surface area contributed by atoms with Crippen LogP contribution in [0, 0.1) is 6.92 Å². The maximum Gasteiger partial charge on any atom is 0.0526 e. The topological polar surface area (TPSA) is 30.9 Å². The normalized spacial score (nSPS) is 15.1. The quantitative estimate of drug-likeness (QED) is 0.889. The molecule has 3 rings (SSSR count). The molecule has 0 amide bonds. The van der Waals surface area contributed by atoms with E-state index in [0.717, 1.165) is 19.4 Å². The number of benzene rings is 1. The maximum atomic E-state index is 6.12. The summed E-state index contributed by atoms with van der Waals surface area (Å²) in [6.07, 6.45) is 4.53. The Morgan fingerprint density at radius 1 is 1.35 bits per heavy atom. The van der Waals surface area contributed by atoms with Crippen molar-refractivity contribution in [3.05, 3.63) is 33.4 Å². The Kier molecular flexibility index (Phi) is 3.46. The molecule has 0 bridgehead atoms. The summed E-state index contributed by atoms with van der Waals surface area (Å²) in [5.41, 5.74) is 11.8. The van der Waals surface area contributed by atoms with Crippen LogP contribution in [-0.4, -0.2) is 10.1 Å². The summed E-state index contributed by atoms with van der Waals surface area (Å²) in [5.74, 6) is 0. The third-order valence-corrected chi connectivity index (χ3v) is 5.36. The molecule has 0 unspecified atom stereocenters. The van der Waals surface area contributed by atoms with Crippen LogP contribution in [0.5, 0.6) is 0 Å². The molecule has 0 saturated carbocycles. The first kappa shape index (κ1) is 14.2. The van der Waals surface area contributed by atoms with E-state index in [1.54, 1.807) is 0 Å². The number of nitrogens with two attached hydrogens (primary N) is 1. The molecule has 2 N–H and O–H groups in total. The number of halogens is 1.